The molecule has 1 aromatic heterocycles. The summed E-state index contributed by atoms with van der Waals surface area (Å²) in [5.41, 5.74) is 1.63. The Morgan fingerprint density at radius 1 is 1.32 bits per heavy atom. The average molecular weight is 324 g/mol. The van der Waals surface area contributed by atoms with E-state index >= 15 is 0 Å². The van der Waals surface area contributed by atoms with Crippen LogP contribution in [0.4, 0.5) is 4.39 Å². The molecular weight excluding hydrogens is 309 g/mol. The maximum Gasteiger partial charge on any atom is 0.126 e. The zero-order chi connectivity index (χ0) is 13.7. The summed E-state index contributed by atoms with van der Waals surface area (Å²) in [6.07, 6.45) is 5.57. The molecule has 0 saturated carbocycles. The fourth-order valence-electron chi connectivity index (χ4n) is 1.96. The van der Waals surface area contributed by atoms with Crippen molar-refractivity contribution in [2.45, 2.75) is 19.4 Å². The lowest BCUT2D eigenvalue weighted by molar-refractivity contribution is 0.525. The Labute approximate surface area is 120 Å². The molecule has 19 heavy (non-hydrogen) atoms. The van der Waals surface area contributed by atoms with E-state index in [4.69, 9.17) is 0 Å². The van der Waals surface area contributed by atoms with E-state index in [9.17, 15) is 4.39 Å². The van der Waals surface area contributed by atoms with Gasteiger partial charge >= 0.3 is 0 Å². The number of hydrogen-bond acceptors (Lipinski definition) is 3. The molecule has 2 rings (SSSR count). The second-order valence-electron chi connectivity index (χ2n) is 4.22. The molecular formula is C14H15BrFN3. The molecule has 0 saturated heterocycles. The minimum absolute atomic E-state index is 0.00926. The number of halogens is 2. The molecule has 0 aliphatic rings. The molecule has 0 bridgehead atoms. The summed E-state index contributed by atoms with van der Waals surface area (Å²) in [6.45, 7) is 2.82. The van der Waals surface area contributed by atoms with Gasteiger partial charge < -0.3 is 5.32 Å². The summed E-state index contributed by atoms with van der Waals surface area (Å²) >= 11 is 3.37. The van der Waals surface area contributed by atoms with Crippen LogP contribution in [0, 0.1) is 5.82 Å². The molecule has 0 aliphatic heterocycles. The summed E-state index contributed by atoms with van der Waals surface area (Å²) in [5, 5.41) is 3.33. The van der Waals surface area contributed by atoms with E-state index in [1.165, 1.54) is 12.4 Å². The van der Waals surface area contributed by atoms with Crippen molar-refractivity contribution in [3.8, 4) is 0 Å². The number of likely N-dealkylation sites (N-methyl/N-ethyl adjacent to an activating group) is 1. The molecule has 5 heteroatoms. The van der Waals surface area contributed by atoms with Crippen LogP contribution in [0.1, 0.15) is 24.1 Å². The van der Waals surface area contributed by atoms with Gasteiger partial charge in [-0.1, -0.05) is 22.9 Å². The molecule has 0 spiro atoms. The largest absolute Gasteiger partial charge is 0.310 e. The lowest BCUT2D eigenvalue weighted by atomic mass is 10.0. The summed E-state index contributed by atoms with van der Waals surface area (Å²) in [7, 11) is 0. The van der Waals surface area contributed by atoms with Crippen molar-refractivity contribution in [1.29, 1.82) is 0 Å². The Morgan fingerprint density at radius 3 is 2.74 bits per heavy atom. The third kappa shape index (κ3) is 3.81. The van der Waals surface area contributed by atoms with Gasteiger partial charge in [-0.05, 0) is 36.7 Å². The van der Waals surface area contributed by atoms with Crippen molar-refractivity contribution in [3.63, 3.8) is 0 Å². The van der Waals surface area contributed by atoms with Gasteiger partial charge in [0.05, 0.1) is 0 Å². The fraction of sp³-hybridized carbons (Fsp3) is 0.286. The van der Waals surface area contributed by atoms with Crippen LogP contribution in [0.2, 0.25) is 0 Å². The Kier molecular flexibility index (Phi) is 4.99. The normalized spacial score (nSPS) is 12.4. The van der Waals surface area contributed by atoms with Gasteiger partial charge in [0.25, 0.3) is 0 Å². The van der Waals surface area contributed by atoms with Gasteiger partial charge in [0.1, 0.15) is 12.1 Å². The van der Waals surface area contributed by atoms with Gasteiger partial charge in [0, 0.05) is 28.5 Å². The number of hydrogen-bond donors (Lipinski definition) is 1. The lowest BCUT2D eigenvalue weighted by Crippen LogP contribution is -2.23. The van der Waals surface area contributed by atoms with E-state index < -0.39 is 0 Å². The van der Waals surface area contributed by atoms with Crippen LogP contribution < -0.4 is 5.32 Å². The number of aromatic nitrogens is 2. The number of benzene rings is 1. The number of nitrogens with one attached hydrogen (secondary N) is 1. The van der Waals surface area contributed by atoms with Crippen LogP contribution in [0.25, 0.3) is 0 Å². The zero-order valence-corrected chi connectivity index (χ0v) is 12.2. The van der Waals surface area contributed by atoms with Gasteiger partial charge in [0.2, 0.25) is 0 Å². The minimum atomic E-state index is -0.192. The summed E-state index contributed by atoms with van der Waals surface area (Å²) < 4.78 is 14.7. The summed E-state index contributed by atoms with van der Waals surface area (Å²) in [5.74, 6) is -0.192. The van der Waals surface area contributed by atoms with Gasteiger partial charge in [-0.25, -0.2) is 14.4 Å². The van der Waals surface area contributed by atoms with Crippen molar-refractivity contribution >= 4 is 15.9 Å². The summed E-state index contributed by atoms with van der Waals surface area (Å²) in [4.78, 5) is 8.03. The van der Waals surface area contributed by atoms with Crippen LogP contribution in [-0.2, 0) is 6.42 Å². The topological polar surface area (TPSA) is 37.8 Å². The van der Waals surface area contributed by atoms with Gasteiger partial charge in [-0.2, -0.15) is 0 Å². The molecule has 0 amide bonds. The third-order valence-corrected chi connectivity index (χ3v) is 3.36. The highest BCUT2D eigenvalue weighted by Gasteiger charge is 2.14. The quantitative estimate of drug-likeness (QED) is 0.917. The highest BCUT2D eigenvalue weighted by molar-refractivity contribution is 9.10. The zero-order valence-electron chi connectivity index (χ0n) is 10.6. The van der Waals surface area contributed by atoms with Crippen molar-refractivity contribution in [2.24, 2.45) is 0 Å². The van der Waals surface area contributed by atoms with E-state index in [0.29, 0.717) is 12.0 Å². The molecule has 1 N–H and O–H groups in total. The molecule has 1 unspecified atom stereocenters. The van der Waals surface area contributed by atoms with Crippen molar-refractivity contribution in [1.82, 2.24) is 15.3 Å². The molecule has 1 atom stereocenters. The van der Waals surface area contributed by atoms with Gasteiger partial charge in [-0.3, -0.25) is 0 Å². The molecule has 100 valence electrons. The van der Waals surface area contributed by atoms with Crippen molar-refractivity contribution < 1.29 is 4.39 Å². The number of rotatable bonds is 5. The average Bonchev–Trinajstić information content (AvgIpc) is 2.43. The predicted octanol–water partition coefficient (Wildman–Crippen LogP) is 3.27. The first-order chi connectivity index (χ1) is 9.20. The molecule has 1 heterocycles. The van der Waals surface area contributed by atoms with E-state index in [0.717, 1.165) is 16.6 Å². The van der Waals surface area contributed by atoms with E-state index in [-0.39, 0.29) is 11.9 Å². The Hall–Kier alpha value is -1.33. The molecule has 2 aromatic rings. The molecule has 3 nitrogen and oxygen atoms in total. The SMILES string of the molecule is CCNC(Cc1cc(Br)ccc1F)c1cncnc1. The van der Waals surface area contributed by atoms with Crippen molar-refractivity contribution in [3.05, 3.63) is 58.3 Å². The first-order valence-corrected chi connectivity index (χ1v) is 6.92. The van der Waals surface area contributed by atoms with Crippen LogP contribution in [-0.4, -0.2) is 16.5 Å². The second kappa shape index (κ2) is 6.73. The standard InChI is InChI=1S/C14H15BrFN3/c1-2-19-14(11-7-17-9-18-8-11)6-10-5-12(15)3-4-13(10)16/h3-5,7-9,14,19H,2,6H2,1H3. The maximum absolute atomic E-state index is 13.8. The molecule has 1 aromatic carbocycles. The fourth-order valence-corrected chi connectivity index (χ4v) is 2.37. The lowest BCUT2D eigenvalue weighted by Gasteiger charge is -2.18. The molecule has 0 aliphatic carbocycles. The second-order valence-corrected chi connectivity index (χ2v) is 5.14. The Morgan fingerprint density at radius 2 is 2.05 bits per heavy atom. The molecule has 0 radical (unpaired) electrons. The number of nitrogens with zero attached hydrogens (tertiary/aromatic N) is 2. The van der Waals surface area contributed by atoms with Crippen LogP contribution in [0.5, 0.6) is 0 Å². The highest BCUT2D eigenvalue weighted by atomic mass is 79.9. The first kappa shape index (κ1) is 14.1. The first-order valence-electron chi connectivity index (χ1n) is 6.13. The van der Waals surface area contributed by atoms with Gasteiger partial charge in [-0.15, -0.1) is 0 Å². The van der Waals surface area contributed by atoms with E-state index in [1.54, 1.807) is 18.5 Å². The predicted molar refractivity (Wildman–Crippen MR) is 76.3 cm³/mol. The Bertz CT molecular complexity index is 533. The van der Waals surface area contributed by atoms with E-state index in [1.807, 2.05) is 13.0 Å². The van der Waals surface area contributed by atoms with Crippen LogP contribution >= 0.6 is 15.9 Å². The highest BCUT2D eigenvalue weighted by Crippen LogP contribution is 2.22. The van der Waals surface area contributed by atoms with Crippen LogP contribution in [0.15, 0.2) is 41.4 Å². The molecule has 0 fully saturated rings. The maximum atomic E-state index is 13.8. The van der Waals surface area contributed by atoms with Gasteiger partial charge in [0.15, 0.2) is 0 Å². The summed E-state index contributed by atoms with van der Waals surface area (Å²) in [6, 6.07) is 5.00. The minimum Gasteiger partial charge on any atom is -0.310 e. The smallest absolute Gasteiger partial charge is 0.126 e. The monoisotopic (exact) mass is 323 g/mol. The van der Waals surface area contributed by atoms with Crippen molar-refractivity contribution in [2.75, 3.05) is 6.54 Å². The third-order valence-electron chi connectivity index (χ3n) is 2.87. The Balaban J connectivity index is 2.24. The van der Waals surface area contributed by atoms with Crippen LogP contribution in [0.3, 0.4) is 0 Å². The van der Waals surface area contributed by atoms with E-state index in [2.05, 4.69) is 31.2 Å².